The average Bonchev–Trinajstić information content (AvgIpc) is 2.88. The van der Waals surface area contributed by atoms with Crippen LogP contribution in [0.5, 0.6) is 0 Å². The number of halogens is 1. The van der Waals surface area contributed by atoms with Crippen LogP contribution in [-0.4, -0.2) is 44.9 Å². The predicted molar refractivity (Wildman–Crippen MR) is 97.1 cm³/mol. The Hall–Kier alpha value is -1.89. The molecule has 0 unspecified atom stereocenters. The largest absolute Gasteiger partial charge is 0.381 e. The Balaban J connectivity index is 1.56. The second-order valence-corrected chi connectivity index (χ2v) is 7.77. The molecule has 2 aromatic rings. The molecule has 0 aliphatic carbocycles. The Labute approximate surface area is 157 Å². The number of aliphatic hydroxyl groups is 1. The van der Waals surface area contributed by atoms with Crippen molar-refractivity contribution in [1.82, 2.24) is 14.7 Å². The van der Waals surface area contributed by atoms with Crippen LogP contribution in [0.2, 0.25) is 5.02 Å². The van der Waals surface area contributed by atoms with Gasteiger partial charge < -0.3 is 14.7 Å². The summed E-state index contributed by atoms with van der Waals surface area (Å²) < 4.78 is 7.59. The van der Waals surface area contributed by atoms with Crippen LogP contribution in [0.4, 0.5) is 0 Å². The third kappa shape index (κ3) is 2.73. The third-order valence-corrected chi connectivity index (χ3v) is 5.53. The summed E-state index contributed by atoms with van der Waals surface area (Å²) in [6, 6.07) is 7.09. The Kier molecular flexibility index (Phi) is 4.10. The molecule has 138 valence electrons. The maximum absolute atomic E-state index is 13.0. The zero-order valence-corrected chi connectivity index (χ0v) is 15.8. The summed E-state index contributed by atoms with van der Waals surface area (Å²) in [5.74, 6) is -0.137. The Bertz CT molecular complexity index is 856. The van der Waals surface area contributed by atoms with E-state index in [1.807, 2.05) is 20.9 Å². The van der Waals surface area contributed by atoms with Crippen molar-refractivity contribution in [2.45, 2.75) is 38.1 Å². The minimum Gasteiger partial charge on any atom is -0.381 e. The van der Waals surface area contributed by atoms with Gasteiger partial charge in [0.15, 0.2) is 5.69 Å². The number of aryl methyl sites for hydroxylation is 1. The van der Waals surface area contributed by atoms with Gasteiger partial charge in [-0.05, 0) is 31.5 Å². The van der Waals surface area contributed by atoms with Crippen LogP contribution in [0.1, 0.15) is 47.3 Å². The van der Waals surface area contributed by atoms with Gasteiger partial charge in [-0.1, -0.05) is 23.7 Å². The molecule has 1 aromatic carbocycles. The van der Waals surface area contributed by atoms with Gasteiger partial charge >= 0.3 is 0 Å². The minimum absolute atomic E-state index is 0.0515. The molecule has 2 aliphatic rings. The number of hydrogen-bond acceptors (Lipinski definition) is 4. The summed E-state index contributed by atoms with van der Waals surface area (Å²) in [6.45, 7) is 4.48. The molecule has 2 aliphatic heterocycles. The first-order valence-electron chi connectivity index (χ1n) is 8.77. The van der Waals surface area contributed by atoms with Gasteiger partial charge in [0.1, 0.15) is 5.60 Å². The number of amides is 1. The summed E-state index contributed by atoms with van der Waals surface area (Å²) in [6.07, 6.45) is 0.634. The van der Waals surface area contributed by atoms with E-state index in [4.69, 9.17) is 16.3 Å². The minimum atomic E-state index is -1.03. The zero-order chi connectivity index (χ0) is 18.6. The molecule has 1 aromatic heterocycles. The fourth-order valence-corrected chi connectivity index (χ4v) is 4.16. The lowest BCUT2D eigenvalue weighted by Gasteiger charge is -2.46. The number of nitrogens with zero attached hydrogens (tertiary/aromatic N) is 3. The van der Waals surface area contributed by atoms with E-state index in [1.165, 1.54) is 0 Å². The number of benzene rings is 1. The number of likely N-dealkylation sites (tertiary alicyclic amines) is 1. The lowest BCUT2D eigenvalue weighted by Crippen LogP contribution is -2.61. The highest BCUT2D eigenvalue weighted by atomic mass is 35.5. The van der Waals surface area contributed by atoms with Gasteiger partial charge in [-0.25, -0.2) is 0 Å². The van der Waals surface area contributed by atoms with Crippen molar-refractivity contribution in [3.8, 4) is 0 Å². The van der Waals surface area contributed by atoms with Gasteiger partial charge in [-0.15, -0.1) is 0 Å². The Morgan fingerprint density at radius 3 is 2.62 bits per heavy atom. The first-order chi connectivity index (χ1) is 12.3. The van der Waals surface area contributed by atoms with Gasteiger partial charge in [0, 0.05) is 24.1 Å². The Morgan fingerprint density at radius 2 is 1.96 bits per heavy atom. The van der Waals surface area contributed by atoms with Gasteiger partial charge in [0.05, 0.1) is 31.0 Å². The molecule has 6 nitrogen and oxygen atoms in total. The lowest BCUT2D eigenvalue weighted by atomic mass is 9.85. The molecule has 0 spiro atoms. The summed E-state index contributed by atoms with van der Waals surface area (Å²) >= 11 is 5.91. The second kappa shape index (κ2) is 6.08. The van der Waals surface area contributed by atoms with Crippen LogP contribution < -0.4 is 0 Å². The van der Waals surface area contributed by atoms with Gasteiger partial charge in [0.25, 0.3) is 5.91 Å². The first kappa shape index (κ1) is 17.5. The normalized spacial score (nSPS) is 24.1. The van der Waals surface area contributed by atoms with Crippen molar-refractivity contribution in [2.75, 3.05) is 13.1 Å². The smallest absolute Gasteiger partial charge is 0.274 e. The predicted octanol–water partition coefficient (Wildman–Crippen LogP) is 2.44. The molecule has 26 heavy (non-hydrogen) atoms. The molecule has 2 atom stereocenters. The number of aromatic nitrogens is 2. The summed E-state index contributed by atoms with van der Waals surface area (Å²) in [4.78, 5) is 14.6. The van der Waals surface area contributed by atoms with Crippen LogP contribution in [0.3, 0.4) is 0 Å². The van der Waals surface area contributed by atoms with E-state index in [-0.39, 0.29) is 31.2 Å². The van der Waals surface area contributed by atoms with E-state index < -0.39 is 5.60 Å². The molecule has 1 amide bonds. The molecule has 7 heteroatoms. The van der Waals surface area contributed by atoms with Crippen LogP contribution in [0, 0.1) is 0 Å². The molecular weight excluding hydrogens is 354 g/mol. The van der Waals surface area contributed by atoms with E-state index in [9.17, 15) is 9.90 Å². The number of carbonyl (C=O) groups is 1. The lowest BCUT2D eigenvalue weighted by molar-refractivity contribution is -0.0866. The second-order valence-electron chi connectivity index (χ2n) is 7.33. The molecular formula is C19H22ClN3O3. The average molecular weight is 376 g/mol. The summed E-state index contributed by atoms with van der Waals surface area (Å²) in [5.41, 5.74) is 2.14. The number of β-amino-alcohol motifs (C(OH)–C–C–N with tert-alkyl or cyclic N) is 1. The highest BCUT2D eigenvalue weighted by Gasteiger charge is 2.46. The molecule has 0 bridgehead atoms. The quantitative estimate of drug-likeness (QED) is 0.875. The van der Waals surface area contributed by atoms with Crippen molar-refractivity contribution >= 4 is 17.5 Å². The van der Waals surface area contributed by atoms with Crippen LogP contribution in [0.25, 0.3) is 0 Å². The van der Waals surface area contributed by atoms with E-state index in [2.05, 4.69) is 5.10 Å². The maximum atomic E-state index is 13.0. The first-order valence-corrected chi connectivity index (χ1v) is 9.15. The van der Waals surface area contributed by atoms with E-state index in [0.29, 0.717) is 17.1 Å². The van der Waals surface area contributed by atoms with Gasteiger partial charge in [-0.2, -0.15) is 5.10 Å². The van der Waals surface area contributed by atoms with Crippen molar-refractivity contribution in [3.05, 3.63) is 51.8 Å². The zero-order valence-electron chi connectivity index (χ0n) is 15.1. The highest BCUT2D eigenvalue weighted by Crippen LogP contribution is 2.36. The van der Waals surface area contributed by atoms with Crippen LogP contribution in [0.15, 0.2) is 24.3 Å². The SMILES string of the molecule is C[C@@H]1Cc2c(C(=O)N3CC(O)(c4ccc(Cl)cc4)C3)nn(C)c2[C@H](C)O1. The maximum Gasteiger partial charge on any atom is 0.274 e. The number of carbonyl (C=O) groups excluding carboxylic acids is 1. The van der Waals surface area contributed by atoms with E-state index >= 15 is 0 Å². The van der Waals surface area contributed by atoms with Crippen LogP contribution in [-0.2, 0) is 23.8 Å². The van der Waals surface area contributed by atoms with Crippen molar-refractivity contribution in [2.24, 2.45) is 7.05 Å². The molecule has 1 N–H and O–H groups in total. The fourth-order valence-electron chi connectivity index (χ4n) is 4.03. The molecule has 3 heterocycles. The summed E-state index contributed by atoms with van der Waals surface area (Å²) in [5, 5.41) is 15.9. The van der Waals surface area contributed by atoms with Crippen molar-refractivity contribution in [1.29, 1.82) is 0 Å². The fraction of sp³-hybridized carbons (Fsp3) is 0.474. The summed E-state index contributed by atoms with van der Waals surface area (Å²) in [7, 11) is 1.84. The monoisotopic (exact) mass is 375 g/mol. The van der Waals surface area contributed by atoms with Gasteiger partial charge in [-0.3, -0.25) is 9.48 Å². The Morgan fingerprint density at radius 1 is 1.31 bits per heavy atom. The standard InChI is InChI=1S/C19H22ClN3O3/c1-11-8-15-16(21-22(3)17(15)12(2)26-11)18(24)23-9-19(25,10-23)13-4-6-14(20)7-5-13/h4-7,11-12,25H,8-10H2,1-3H3/t11-,12+/m1/s1. The molecule has 1 saturated heterocycles. The molecule has 1 fully saturated rings. The molecule has 4 rings (SSSR count). The number of rotatable bonds is 2. The number of ether oxygens (including phenoxy) is 1. The molecule has 0 radical (unpaired) electrons. The van der Waals surface area contributed by atoms with Crippen LogP contribution >= 0.6 is 11.6 Å². The highest BCUT2D eigenvalue weighted by molar-refractivity contribution is 6.30. The third-order valence-electron chi connectivity index (χ3n) is 5.28. The topological polar surface area (TPSA) is 67.6 Å². The van der Waals surface area contributed by atoms with E-state index in [1.54, 1.807) is 33.8 Å². The van der Waals surface area contributed by atoms with Gasteiger partial charge in [0.2, 0.25) is 0 Å². The van der Waals surface area contributed by atoms with E-state index in [0.717, 1.165) is 16.8 Å². The van der Waals surface area contributed by atoms with Crippen molar-refractivity contribution < 1.29 is 14.6 Å². The number of hydrogen-bond donors (Lipinski definition) is 1. The molecule has 0 saturated carbocycles. The van der Waals surface area contributed by atoms with Crippen molar-refractivity contribution in [3.63, 3.8) is 0 Å². The number of fused-ring (bicyclic) bond motifs is 1.